The number of hydrogen-bond acceptors (Lipinski definition) is 5. The lowest BCUT2D eigenvalue weighted by Gasteiger charge is -2.35. The van der Waals surface area contributed by atoms with E-state index in [0.29, 0.717) is 44.6 Å². The van der Waals surface area contributed by atoms with Gasteiger partial charge in [0.25, 0.3) is 11.8 Å². The van der Waals surface area contributed by atoms with Gasteiger partial charge in [0.15, 0.2) is 0 Å². The standard InChI is InChI=1S/C23H23N3O3S/c1-15-12-17(2-4-18(15)16-3-5-20-19(13-16)24-14-30-20)21(27)25-8-10-26(11-9-25)22(28)23(29)6-7-23/h2-5,12-14,29H,6-11H2,1H3. The average molecular weight is 422 g/mol. The van der Waals surface area contributed by atoms with Crippen molar-refractivity contribution >= 4 is 33.4 Å². The molecule has 0 radical (unpaired) electrons. The first kappa shape index (κ1) is 19.2. The lowest BCUT2D eigenvalue weighted by Crippen LogP contribution is -2.53. The normalized spacial score (nSPS) is 17.9. The number of amides is 2. The third-order valence-corrected chi connectivity index (χ3v) is 6.90. The average Bonchev–Trinajstić information content (AvgIpc) is 3.34. The number of aromatic nitrogens is 1. The van der Waals surface area contributed by atoms with Gasteiger partial charge in [-0.1, -0.05) is 12.1 Å². The van der Waals surface area contributed by atoms with Crippen LogP contribution < -0.4 is 0 Å². The predicted molar refractivity (Wildman–Crippen MR) is 116 cm³/mol. The van der Waals surface area contributed by atoms with Crippen molar-refractivity contribution in [3.63, 3.8) is 0 Å². The van der Waals surface area contributed by atoms with Crippen molar-refractivity contribution in [2.45, 2.75) is 25.4 Å². The highest BCUT2D eigenvalue weighted by Gasteiger charge is 2.50. The van der Waals surface area contributed by atoms with Crippen LogP contribution in [-0.2, 0) is 4.79 Å². The molecule has 2 aliphatic rings. The molecule has 1 saturated heterocycles. The molecule has 30 heavy (non-hydrogen) atoms. The Labute approximate surface area is 178 Å². The number of aliphatic hydroxyl groups is 1. The number of hydrogen-bond donors (Lipinski definition) is 1. The summed E-state index contributed by atoms with van der Waals surface area (Å²) >= 11 is 1.62. The van der Waals surface area contributed by atoms with E-state index in [4.69, 9.17) is 0 Å². The zero-order valence-electron chi connectivity index (χ0n) is 16.8. The Morgan fingerprint density at radius 1 is 1.03 bits per heavy atom. The topological polar surface area (TPSA) is 73.7 Å². The largest absolute Gasteiger partial charge is 0.380 e. The predicted octanol–water partition coefficient (Wildman–Crippen LogP) is 3.08. The molecule has 0 atom stereocenters. The Morgan fingerprint density at radius 3 is 2.47 bits per heavy atom. The van der Waals surface area contributed by atoms with E-state index in [1.807, 2.05) is 30.6 Å². The molecule has 3 aromatic rings. The maximum atomic E-state index is 13.0. The van der Waals surface area contributed by atoms with E-state index >= 15 is 0 Å². The van der Waals surface area contributed by atoms with Crippen LogP contribution in [0.4, 0.5) is 0 Å². The van der Waals surface area contributed by atoms with Crippen molar-refractivity contribution in [1.29, 1.82) is 0 Å². The van der Waals surface area contributed by atoms with Crippen LogP contribution in [-0.4, -0.2) is 63.5 Å². The molecule has 0 bridgehead atoms. The number of nitrogens with zero attached hydrogens (tertiary/aromatic N) is 3. The number of thiazole rings is 1. The minimum Gasteiger partial charge on any atom is -0.380 e. The molecule has 1 saturated carbocycles. The molecular weight excluding hydrogens is 398 g/mol. The first-order chi connectivity index (χ1) is 14.4. The fourth-order valence-electron chi connectivity index (χ4n) is 4.07. The van der Waals surface area contributed by atoms with E-state index in [0.717, 1.165) is 26.9 Å². The summed E-state index contributed by atoms with van der Waals surface area (Å²) in [5.74, 6) is -0.205. The number of fused-ring (bicyclic) bond motifs is 1. The highest BCUT2D eigenvalue weighted by molar-refractivity contribution is 7.16. The summed E-state index contributed by atoms with van der Waals surface area (Å²) in [5, 5.41) is 10.0. The number of piperazine rings is 1. The summed E-state index contributed by atoms with van der Waals surface area (Å²) in [6, 6.07) is 12.1. The fraction of sp³-hybridized carbons (Fsp3) is 0.348. The van der Waals surface area contributed by atoms with Crippen LogP contribution in [0.5, 0.6) is 0 Å². The van der Waals surface area contributed by atoms with Gasteiger partial charge in [0, 0.05) is 31.7 Å². The minimum atomic E-state index is -1.14. The van der Waals surface area contributed by atoms with E-state index in [1.165, 1.54) is 0 Å². The van der Waals surface area contributed by atoms with E-state index in [2.05, 4.69) is 23.2 Å². The van der Waals surface area contributed by atoms with Gasteiger partial charge in [-0.3, -0.25) is 9.59 Å². The molecule has 6 nitrogen and oxygen atoms in total. The van der Waals surface area contributed by atoms with Gasteiger partial charge in [0.05, 0.1) is 15.7 Å². The Kier molecular flexibility index (Phi) is 4.60. The highest BCUT2D eigenvalue weighted by Crippen LogP contribution is 2.37. The molecule has 154 valence electrons. The molecule has 1 N–H and O–H groups in total. The molecule has 1 aromatic heterocycles. The maximum Gasteiger partial charge on any atom is 0.254 e. The van der Waals surface area contributed by atoms with Crippen molar-refractivity contribution < 1.29 is 14.7 Å². The van der Waals surface area contributed by atoms with Crippen LogP contribution in [0.1, 0.15) is 28.8 Å². The second kappa shape index (κ2) is 7.18. The first-order valence-corrected chi connectivity index (χ1v) is 11.1. The van der Waals surface area contributed by atoms with E-state index in [9.17, 15) is 14.7 Å². The summed E-state index contributed by atoms with van der Waals surface area (Å²) in [5.41, 5.74) is 5.58. The van der Waals surface area contributed by atoms with Crippen molar-refractivity contribution in [2.24, 2.45) is 0 Å². The summed E-state index contributed by atoms with van der Waals surface area (Å²) < 4.78 is 1.16. The van der Waals surface area contributed by atoms with Crippen molar-refractivity contribution in [1.82, 2.24) is 14.8 Å². The SMILES string of the molecule is Cc1cc(C(=O)N2CCN(C(=O)C3(O)CC3)CC2)ccc1-c1ccc2scnc2c1. The minimum absolute atomic E-state index is 0.0168. The second-order valence-electron chi connectivity index (χ2n) is 8.18. The van der Waals surface area contributed by atoms with Gasteiger partial charge in [-0.25, -0.2) is 4.98 Å². The van der Waals surface area contributed by atoms with E-state index in [-0.39, 0.29) is 11.8 Å². The van der Waals surface area contributed by atoms with Gasteiger partial charge < -0.3 is 14.9 Å². The van der Waals surface area contributed by atoms with E-state index in [1.54, 1.807) is 21.1 Å². The molecule has 2 fully saturated rings. The molecule has 0 spiro atoms. The molecule has 5 rings (SSSR count). The Morgan fingerprint density at radius 2 is 1.77 bits per heavy atom. The van der Waals surface area contributed by atoms with Crippen LogP contribution in [0.3, 0.4) is 0 Å². The third-order valence-electron chi connectivity index (χ3n) is 6.09. The van der Waals surface area contributed by atoms with Gasteiger partial charge in [0.1, 0.15) is 5.60 Å². The second-order valence-corrected chi connectivity index (χ2v) is 9.07. The van der Waals surface area contributed by atoms with Gasteiger partial charge in [-0.15, -0.1) is 11.3 Å². The van der Waals surface area contributed by atoms with Crippen LogP contribution in [0, 0.1) is 6.92 Å². The lowest BCUT2D eigenvalue weighted by molar-refractivity contribution is -0.143. The van der Waals surface area contributed by atoms with E-state index < -0.39 is 5.60 Å². The quantitative estimate of drug-likeness (QED) is 0.705. The first-order valence-electron chi connectivity index (χ1n) is 10.2. The molecule has 1 aliphatic carbocycles. The zero-order valence-corrected chi connectivity index (χ0v) is 17.6. The van der Waals surface area contributed by atoms with Crippen molar-refractivity contribution in [3.8, 4) is 11.1 Å². The summed E-state index contributed by atoms with van der Waals surface area (Å²) in [6.07, 6.45) is 1.10. The van der Waals surface area contributed by atoms with Crippen LogP contribution in [0.2, 0.25) is 0 Å². The smallest absolute Gasteiger partial charge is 0.254 e. The van der Waals surface area contributed by atoms with Crippen molar-refractivity contribution in [2.75, 3.05) is 26.2 Å². The molecular formula is C23H23N3O3S. The number of carbonyl (C=O) groups excluding carboxylic acids is 2. The lowest BCUT2D eigenvalue weighted by atomic mass is 9.97. The molecule has 1 aliphatic heterocycles. The summed E-state index contributed by atoms with van der Waals surface area (Å²) in [7, 11) is 0. The van der Waals surface area contributed by atoms with Gasteiger partial charge in [-0.05, 0) is 60.7 Å². The van der Waals surface area contributed by atoms with Gasteiger partial charge in [-0.2, -0.15) is 0 Å². The fourth-order valence-corrected chi connectivity index (χ4v) is 4.73. The van der Waals surface area contributed by atoms with Crippen LogP contribution >= 0.6 is 11.3 Å². The van der Waals surface area contributed by atoms with Crippen molar-refractivity contribution in [3.05, 3.63) is 53.0 Å². The third kappa shape index (κ3) is 3.38. The number of rotatable bonds is 3. The van der Waals surface area contributed by atoms with Gasteiger partial charge in [0.2, 0.25) is 0 Å². The monoisotopic (exact) mass is 421 g/mol. The molecule has 0 unspecified atom stereocenters. The molecule has 7 heteroatoms. The zero-order chi connectivity index (χ0) is 20.9. The number of carbonyl (C=O) groups is 2. The summed E-state index contributed by atoms with van der Waals surface area (Å²) in [6.45, 7) is 3.93. The van der Waals surface area contributed by atoms with Gasteiger partial charge >= 0.3 is 0 Å². The molecule has 2 aromatic carbocycles. The molecule has 2 amide bonds. The van der Waals surface area contributed by atoms with Crippen LogP contribution in [0.15, 0.2) is 41.9 Å². The van der Waals surface area contributed by atoms with Crippen LogP contribution in [0.25, 0.3) is 21.3 Å². The molecule has 2 heterocycles. The Hall–Kier alpha value is -2.77. The Balaban J connectivity index is 1.29. The summed E-state index contributed by atoms with van der Waals surface area (Å²) in [4.78, 5) is 33.1. The maximum absolute atomic E-state index is 13.0. The number of aryl methyl sites for hydroxylation is 1. The highest BCUT2D eigenvalue weighted by atomic mass is 32.1. The number of benzene rings is 2. The Bertz CT molecular complexity index is 1140.